The van der Waals surface area contributed by atoms with Crippen LogP contribution >= 0.6 is 0 Å². The predicted molar refractivity (Wildman–Crippen MR) is 132 cm³/mol. The Labute approximate surface area is 203 Å². The minimum absolute atomic E-state index is 0.0822. The van der Waals surface area contributed by atoms with Gasteiger partial charge in [-0.05, 0) is 31.0 Å². The molecule has 5 aromatic rings. The maximum Gasteiger partial charge on any atom is 0.356 e. The fraction of sp³-hybridized carbons (Fsp3) is 0.308. The van der Waals surface area contributed by atoms with Gasteiger partial charge in [-0.1, -0.05) is 19.9 Å². The molecule has 0 radical (unpaired) electrons. The molecule has 1 saturated heterocycles. The van der Waals surface area contributed by atoms with Gasteiger partial charge in [-0.2, -0.15) is 4.98 Å². The van der Waals surface area contributed by atoms with Crippen LogP contribution in [0.2, 0.25) is 0 Å². The van der Waals surface area contributed by atoms with Crippen molar-refractivity contribution >= 4 is 44.4 Å². The standard InChI is InChI=1S/C26H23F2N5O3/c1-13(2)21-23-19(7-8-29-21)36-18-6-4-5-16(27)20(18)22-17(28)11-15-24(32-9-10-35-12-14(32)3)31-26(34)33(23)25(15)30-22/h4-8,11,13-14H,9-10,12H2,1-3H3. The van der Waals surface area contributed by atoms with Crippen molar-refractivity contribution in [1.29, 1.82) is 0 Å². The smallest absolute Gasteiger partial charge is 0.356 e. The lowest BCUT2D eigenvalue weighted by Gasteiger charge is -2.34. The van der Waals surface area contributed by atoms with Crippen LogP contribution in [0.15, 0.2) is 45.7 Å². The quantitative estimate of drug-likeness (QED) is 0.353. The van der Waals surface area contributed by atoms with E-state index in [-0.39, 0.29) is 39.7 Å². The van der Waals surface area contributed by atoms with Gasteiger partial charge >= 0.3 is 5.69 Å². The molecule has 184 valence electrons. The zero-order valence-electron chi connectivity index (χ0n) is 20.0. The van der Waals surface area contributed by atoms with Gasteiger partial charge in [-0.25, -0.2) is 23.0 Å². The summed E-state index contributed by atoms with van der Waals surface area (Å²) in [4.78, 5) is 29.1. The van der Waals surface area contributed by atoms with E-state index in [4.69, 9.17) is 9.15 Å². The molecule has 1 unspecified atom stereocenters. The summed E-state index contributed by atoms with van der Waals surface area (Å²) in [5, 5.41) is 0.207. The second-order valence-electron chi connectivity index (χ2n) is 9.27. The Morgan fingerprint density at radius 3 is 2.72 bits per heavy atom. The Hall–Kier alpha value is -3.92. The van der Waals surface area contributed by atoms with Gasteiger partial charge in [0.25, 0.3) is 0 Å². The van der Waals surface area contributed by atoms with E-state index in [1.165, 1.54) is 22.6 Å². The van der Waals surface area contributed by atoms with Crippen LogP contribution in [-0.2, 0) is 4.74 Å². The van der Waals surface area contributed by atoms with E-state index in [1.54, 1.807) is 18.3 Å². The number of rotatable bonds is 2. The number of morpholine rings is 1. The molecule has 0 spiro atoms. The van der Waals surface area contributed by atoms with Gasteiger partial charge in [0.05, 0.1) is 35.7 Å². The van der Waals surface area contributed by atoms with Crippen molar-refractivity contribution < 1.29 is 17.9 Å². The summed E-state index contributed by atoms with van der Waals surface area (Å²) in [5.41, 5.74) is 0.546. The fourth-order valence-electron chi connectivity index (χ4n) is 4.86. The van der Waals surface area contributed by atoms with E-state index < -0.39 is 17.3 Å². The van der Waals surface area contributed by atoms with Crippen LogP contribution in [-0.4, -0.2) is 45.2 Å². The van der Waals surface area contributed by atoms with Crippen molar-refractivity contribution in [1.82, 2.24) is 19.4 Å². The third-order valence-electron chi connectivity index (χ3n) is 6.56. The summed E-state index contributed by atoms with van der Waals surface area (Å²) in [6.45, 7) is 7.18. The molecular formula is C26H23F2N5O3. The molecule has 1 aliphatic rings. The molecule has 2 bridgehead atoms. The average Bonchev–Trinajstić information content (AvgIpc) is 2.90. The molecule has 10 heteroatoms. The average molecular weight is 491 g/mol. The Morgan fingerprint density at radius 2 is 1.94 bits per heavy atom. The number of hydrogen-bond acceptors (Lipinski definition) is 7. The molecular weight excluding hydrogens is 468 g/mol. The second-order valence-corrected chi connectivity index (χ2v) is 9.27. The lowest BCUT2D eigenvalue weighted by molar-refractivity contribution is 0.0986. The molecule has 0 saturated carbocycles. The van der Waals surface area contributed by atoms with Crippen molar-refractivity contribution in [3.63, 3.8) is 0 Å². The van der Waals surface area contributed by atoms with Crippen molar-refractivity contribution in [2.24, 2.45) is 0 Å². The minimum atomic E-state index is -0.750. The molecule has 5 heterocycles. The summed E-state index contributed by atoms with van der Waals surface area (Å²) in [6.07, 6.45) is 1.56. The third-order valence-corrected chi connectivity index (χ3v) is 6.56. The van der Waals surface area contributed by atoms with Gasteiger partial charge in [-0.15, -0.1) is 0 Å². The SMILES string of the molecule is CC(C)c1nccc2oc3cccc(F)c3c3nc4c(cc3F)c(N3CCOCC3C)nc(=O)n4c12. The van der Waals surface area contributed by atoms with E-state index in [2.05, 4.69) is 15.0 Å². The maximum absolute atomic E-state index is 15.7. The Bertz CT molecular complexity index is 1760. The van der Waals surface area contributed by atoms with E-state index in [1.807, 2.05) is 25.7 Å². The molecule has 1 aromatic carbocycles. The fourth-order valence-corrected chi connectivity index (χ4v) is 4.86. The first-order valence-corrected chi connectivity index (χ1v) is 11.8. The molecule has 6 rings (SSSR count). The Kier molecular flexibility index (Phi) is 5.22. The molecule has 0 N–H and O–H groups in total. The minimum Gasteiger partial charge on any atom is -0.454 e. The van der Waals surface area contributed by atoms with E-state index >= 15 is 8.78 Å². The van der Waals surface area contributed by atoms with Crippen LogP contribution < -0.4 is 10.6 Å². The number of benzene rings is 1. The van der Waals surface area contributed by atoms with Crippen LogP contribution in [0.4, 0.5) is 14.6 Å². The zero-order chi connectivity index (χ0) is 25.1. The third kappa shape index (κ3) is 3.35. The number of fused-ring (bicyclic) bond motifs is 5. The topological polar surface area (TPSA) is 85.8 Å². The van der Waals surface area contributed by atoms with E-state index in [9.17, 15) is 4.79 Å². The highest BCUT2D eigenvalue weighted by Crippen LogP contribution is 2.32. The van der Waals surface area contributed by atoms with Crippen molar-refractivity contribution in [2.45, 2.75) is 32.7 Å². The maximum atomic E-state index is 15.7. The normalized spacial score (nSPS) is 16.6. The summed E-state index contributed by atoms with van der Waals surface area (Å²) >= 11 is 0. The highest BCUT2D eigenvalue weighted by atomic mass is 19.1. The molecule has 4 aromatic heterocycles. The molecule has 1 atom stereocenters. The Balaban J connectivity index is 1.94. The lowest BCUT2D eigenvalue weighted by Crippen LogP contribution is -2.45. The first-order chi connectivity index (χ1) is 17.3. The summed E-state index contributed by atoms with van der Waals surface area (Å²) < 4.78 is 43.8. The first-order valence-electron chi connectivity index (χ1n) is 11.8. The van der Waals surface area contributed by atoms with Crippen LogP contribution in [0.1, 0.15) is 32.4 Å². The molecule has 36 heavy (non-hydrogen) atoms. The highest BCUT2D eigenvalue weighted by Gasteiger charge is 2.26. The van der Waals surface area contributed by atoms with Crippen LogP contribution in [0.25, 0.3) is 38.6 Å². The largest absolute Gasteiger partial charge is 0.454 e. The van der Waals surface area contributed by atoms with Crippen LogP contribution in [0.3, 0.4) is 0 Å². The van der Waals surface area contributed by atoms with Gasteiger partial charge in [0.1, 0.15) is 28.3 Å². The zero-order valence-corrected chi connectivity index (χ0v) is 20.0. The van der Waals surface area contributed by atoms with Crippen LogP contribution in [0.5, 0.6) is 0 Å². The first kappa shape index (κ1) is 22.5. The number of pyridine rings is 2. The van der Waals surface area contributed by atoms with E-state index in [0.717, 1.165) is 0 Å². The van der Waals surface area contributed by atoms with Gasteiger partial charge in [0.2, 0.25) is 0 Å². The van der Waals surface area contributed by atoms with E-state index in [0.29, 0.717) is 42.2 Å². The summed E-state index contributed by atoms with van der Waals surface area (Å²) in [6, 6.07) is 7.01. The number of aromatic nitrogens is 4. The van der Waals surface area contributed by atoms with Crippen molar-refractivity contribution in [3.8, 4) is 0 Å². The molecule has 8 nitrogen and oxygen atoms in total. The van der Waals surface area contributed by atoms with Crippen molar-refractivity contribution in [2.75, 3.05) is 24.7 Å². The van der Waals surface area contributed by atoms with Gasteiger partial charge in [0.15, 0.2) is 17.0 Å². The molecule has 0 amide bonds. The Morgan fingerprint density at radius 1 is 1.11 bits per heavy atom. The number of halogens is 2. The van der Waals surface area contributed by atoms with Gasteiger partial charge < -0.3 is 14.1 Å². The second kappa shape index (κ2) is 8.34. The molecule has 0 aliphatic carbocycles. The predicted octanol–water partition coefficient (Wildman–Crippen LogP) is 4.73. The summed E-state index contributed by atoms with van der Waals surface area (Å²) in [7, 11) is 0. The summed E-state index contributed by atoms with van der Waals surface area (Å²) in [5.74, 6) is -1.23. The number of anilines is 1. The van der Waals surface area contributed by atoms with Gasteiger partial charge in [0, 0.05) is 18.8 Å². The monoisotopic (exact) mass is 491 g/mol. The number of nitrogens with zero attached hydrogens (tertiary/aromatic N) is 5. The molecule has 1 fully saturated rings. The highest BCUT2D eigenvalue weighted by molar-refractivity contribution is 5.99. The van der Waals surface area contributed by atoms with Crippen molar-refractivity contribution in [3.05, 3.63) is 64.3 Å². The number of hydrogen-bond donors (Lipinski definition) is 0. The van der Waals surface area contributed by atoms with Gasteiger partial charge in [-0.3, -0.25) is 4.98 Å². The van der Waals surface area contributed by atoms with Crippen LogP contribution in [0, 0.1) is 11.6 Å². The number of ether oxygens (including phenoxy) is 1. The molecule has 1 aliphatic heterocycles. The lowest BCUT2D eigenvalue weighted by atomic mass is 10.1.